The molecule has 112 valence electrons. The third kappa shape index (κ3) is 4.65. The van der Waals surface area contributed by atoms with Crippen LogP contribution in [0.5, 0.6) is 0 Å². The largest absolute Gasteiger partial charge is 0.310 e. The highest BCUT2D eigenvalue weighted by molar-refractivity contribution is 9.10. The summed E-state index contributed by atoms with van der Waals surface area (Å²) in [4.78, 5) is 0. The Morgan fingerprint density at radius 2 is 2.00 bits per heavy atom. The lowest BCUT2D eigenvalue weighted by Gasteiger charge is -2.20. The minimum absolute atomic E-state index is 0.000139. The molecule has 21 heavy (non-hydrogen) atoms. The summed E-state index contributed by atoms with van der Waals surface area (Å²) in [5.74, 6) is -0.126. The highest BCUT2D eigenvalue weighted by atomic mass is 79.9. The summed E-state index contributed by atoms with van der Waals surface area (Å²) in [6.45, 7) is 4.91. The molecular weight excluding hydrogens is 329 g/mol. The molecule has 2 rings (SSSR count). The first-order valence-corrected chi connectivity index (χ1v) is 8.13. The molecule has 1 atom stereocenters. The summed E-state index contributed by atoms with van der Waals surface area (Å²) in [5.41, 5.74) is 2.89. The smallest absolute Gasteiger partial charge is 0.128 e. The van der Waals surface area contributed by atoms with Gasteiger partial charge in [-0.05, 0) is 55.6 Å². The molecule has 0 aliphatic heterocycles. The van der Waals surface area contributed by atoms with Gasteiger partial charge in [0.05, 0.1) is 0 Å². The van der Waals surface area contributed by atoms with Crippen LogP contribution in [0.1, 0.15) is 36.1 Å². The molecule has 0 amide bonds. The normalized spacial score (nSPS) is 12.4. The molecule has 0 aromatic heterocycles. The summed E-state index contributed by atoms with van der Waals surface area (Å²) in [6, 6.07) is 13.7. The highest BCUT2D eigenvalue weighted by Crippen LogP contribution is 2.23. The fourth-order valence-electron chi connectivity index (χ4n) is 2.43. The lowest BCUT2D eigenvalue weighted by atomic mass is 9.97. The van der Waals surface area contributed by atoms with Crippen LogP contribution in [0.25, 0.3) is 0 Å². The van der Waals surface area contributed by atoms with Gasteiger partial charge in [0.15, 0.2) is 0 Å². The zero-order chi connectivity index (χ0) is 15.2. The van der Waals surface area contributed by atoms with Crippen molar-refractivity contribution in [2.24, 2.45) is 0 Å². The molecule has 0 heterocycles. The van der Waals surface area contributed by atoms with Crippen molar-refractivity contribution in [3.05, 3.63) is 69.4 Å². The predicted octanol–water partition coefficient (Wildman–Crippen LogP) is 5.18. The van der Waals surface area contributed by atoms with E-state index in [0.29, 0.717) is 0 Å². The van der Waals surface area contributed by atoms with Crippen molar-refractivity contribution in [1.82, 2.24) is 5.32 Å². The molecule has 0 aliphatic rings. The predicted molar refractivity (Wildman–Crippen MR) is 90.0 cm³/mol. The van der Waals surface area contributed by atoms with Crippen LogP contribution in [0.4, 0.5) is 4.39 Å². The Hall–Kier alpha value is -1.19. The zero-order valence-electron chi connectivity index (χ0n) is 12.5. The van der Waals surface area contributed by atoms with Gasteiger partial charge in [-0.25, -0.2) is 4.39 Å². The van der Waals surface area contributed by atoms with Crippen LogP contribution in [0.2, 0.25) is 0 Å². The van der Waals surface area contributed by atoms with Crippen molar-refractivity contribution in [2.75, 3.05) is 6.54 Å². The summed E-state index contributed by atoms with van der Waals surface area (Å²) in [6.07, 6.45) is 1.81. The molecule has 0 spiro atoms. The number of rotatable bonds is 6. The number of nitrogens with one attached hydrogen (secondary N) is 1. The van der Waals surface area contributed by atoms with Crippen LogP contribution in [0, 0.1) is 12.7 Å². The fraction of sp³-hybridized carbons (Fsp3) is 0.333. The van der Waals surface area contributed by atoms with Gasteiger partial charge in [-0.15, -0.1) is 0 Å². The Bertz CT molecular complexity index is 598. The Labute approximate surface area is 134 Å². The van der Waals surface area contributed by atoms with Gasteiger partial charge < -0.3 is 5.32 Å². The summed E-state index contributed by atoms with van der Waals surface area (Å²) >= 11 is 3.49. The van der Waals surface area contributed by atoms with Gasteiger partial charge in [0.25, 0.3) is 0 Å². The molecule has 0 saturated heterocycles. The first kappa shape index (κ1) is 16.2. The van der Waals surface area contributed by atoms with Crippen LogP contribution < -0.4 is 5.32 Å². The maximum Gasteiger partial charge on any atom is 0.128 e. The lowest BCUT2D eigenvalue weighted by molar-refractivity contribution is 0.496. The maximum atomic E-state index is 14.3. The van der Waals surface area contributed by atoms with E-state index in [1.165, 1.54) is 5.56 Å². The van der Waals surface area contributed by atoms with Crippen molar-refractivity contribution in [2.45, 2.75) is 32.7 Å². The van der Waals surface area contributed by atoms with Gasteiger partial charge in [0.2, 0.25) is 0 Å². The second-order valence-corrected chi connectivity index (χ2v) is 6.28. The van der Waals surface area contributed by atoms with Crippen molar-refractivity contribution in [3.8, 4) is 0 Å². The molecule has 0 fully saturated rings. The van der Waals surface area contributed by atoms with Gasteiger partial charge in [-0.3, -0.25) is 0 Å². The Morgan fingerprint density at radius 3 is 2.67 bits per heavy atom. The third-order valence-corrected chi connectivity index (χ3v) is 3.99. The van der Waals surface area contributed by atoms with Crippen molar-refractivity contribution >= 4 is 15.9 Å². The molecule has 0 saturated carbocycles. The van der Waals surface area contributed by atoms with E-state index in [9.17, 15) is 4.39 Å². The molecule has 2 aromatic rings. The summed E-state index contributed by atoms with van der Waals surface area (Å²) in [5, 5.41) is 3.46. The number of hydrogen-bond donors (Lipinski definition) is 1. The van der Waals surface area contributed by atoms with Crippen LogP contribution >= 0.6 is 15.9 Å². The first-order chi connectivity index (χ1) is 10.1. The zero-order valence-corrected chi connectivity index (χ0v) is 14.1. The van der Waals surface area contributed by atoms with E-state index in [1.807, 2.05) is 31.2 Å². The van der Waals surface area contributed by atoms with Crippen LogP contribution in [0.3, 0.4) is 0 Å². The quantitative estimate of drug-likeness (QED) is 0.757. The van der Waals surface area contributed by atoms with Crippen LogP contribution in [-0.2, 0) is 6.42 Å². The Balaban J connectivity index is 2.25. The standard InChI is InChI=1S/C18H21BrFN/c1-3-9-21-18(12-14-5-4-6-15(19)11-14)16-8-7-13(2)10-17(16)20/h4-8,10-11,18,21H,3,9,12H2,1-2H3. The van der Waals surface area contributed by atoms with Crippen molar-refractivity contribution in [1.29, 1.82) is 0 Å². The van der Waals surface area contributed by atoms with Crippen LogP contribution in [-0.4, -0.2) is 6.54 Å². The first-order valence-electron chi connectivity index (χ1n) is 7.34. The molecule has 3 heteroatoms. The van der Waals surface area contributed by atoms with E-state index in [0.717, 1.165) is 35.0 Å². The van der Waals surface area contributed by atoms with E-state index in [-0.39, 0.29) is 11.9 Å². The average Bonchev–Trinajstić information content (AvgIpc) is 2.44. The molecule has 1 N–H and O–H groups in total. The van der Waals surface area contributed by atoms with Gasteiger partial charge in [-0.2, -0.15) is 0 Å². The van der Waals surface area contributed by atoms with E-state index >= 15 is 0 Å². The fourth-order valence-corrected chi connectivity index (χ4v) is 2.87. The van der Waals surface area contributed by atoms with Gasteiger partial charge in [0.1, 0.15) is 5.82 Å². The Morgan fingerprint density at radius 1 is 1.19 bits per heavy atom. The number of aryl methyl sites for hydroxylation is 1. The van der Waals surface area contributed by atoms with Gasteiger partial charge in [-0.1, -0.05) is 47.1 Å². The molecule has 0 bridgehead atoms. The molecular formula is C18H21BrFN. The minimum atomic E-state index is -0.126. The van der Waals surface area contributed by atoms with Crippen LogP contribution in [0.15, 0.2) is 46.9 Å². The average molecular weight is 350 g/mol. The molecule has 1 nitrogen and oxygen atoms in total. The third-order valence-electron chi connectivity index (χ3n) is 3.50. The minimum Gasteiger partial charge on any atom is -0.310 e. The second-order valence-electron chi connectivity index (χ2n) is 5.37. The highest BCUT2D eigenvalue weighted by Gasteiger charge is 2.16. The molecule has 2 aromatic carbocycles. The summed E-state index contributed by atoms with van der Waals surface area (Å²) in [7, 11) is 0. The topological polar surface area (TPSA) is 12.0 Å². The number of hydrogen-bond acceptors (Lipinski definition) is 1. The Kier molecular flexibility index (Phi) is 5.95. The van der Waals surface area contributed by atoms with Crippen molar-refractivity contribution in [3.63, 3.8) is 0 Å². The molecule has 0 aliphatic carbocycles. The molecule has 1 unspecified atom stereocenters. The number of benzene rings is 2. The van der Waals surface area contributed by atoms with Crippen molar-refractivity contribution < 1.29 is 4.39 Å². The monoisotopic (exact) mass is 349 g/mol. The van der Waals surface area contributed by atoms with Gasteiger partial charge >= 0.3 is 0 Å². The lowest BCUT2D eigenvalue weighted by Crippen LogP contribution is -2.25. The summed E-state index contributed by atoms with van der Waals surface area (Å²) < 4.78 is 15.3. The van der Waals surface area contributed by atoms with E-state index in [1.54, 1.807) is 6.07 Å². The molecule has 0 radical (unpaired) electrons. The SMILES string of the molecule is CCCNC(Cc1cccc(Br)c1)c1ccc(C)cc1F. The maximum absolute atomic E-state index is 14.3. The second kappa shape index (κ2) is 7.71. The van der Waals surface area contributed by atoms with E-state index in [4.69, 9.17) is 0 Å². The van der Waals surface area contributed by atoms with Gasteiger partial charge in [0, 0.05) is 16.1 Å². The van der Waals surface area contributed by atoms with E-state index in [2.05, 4.69) is 40.3 Å². The van der Waals surface area contributed by atoms with E-state index < -0.39 is 0 Å². The number of halogens is 2.